The second kappa shape index (κ2) is 12.4. The average molecular weight is 371 g/mol. The van der Waals surface area contributed by atoms with Crippen LogP contribution in [0.15, 0.2) is 24.3 Å². The van der Waals surface area contributed by atoms with Crippen molar-refractivity contribution in [3.05, 3.63) is 35.4 Å². The summed E-state index contributed by atoms with van der Waals surface area (Å²) in [7, 11) is 0. The van der Waals surface area contributed by atoms with E-state index in [2.05, 4.69) is 38.1 Å². The first-order valence-corrected chi connectivity index (χ1v) is 11.9. The third-order valence-electron chi connectivity index (χ3n) is 6.65. The van der Waals surface area contributed by atoms with E-state index in [9.17, 15) is 4.79 Å². The highest BCUT2D eigenvalue weighted by Gasteiger charge is 2.33. The smallest absolute Gasteiger partial charge is 0.162 e. The second-order valence-electron chi connectivity index (χ2n) is 8.82. The molecule has 1 aliphatic rings. The Kier molecular flexibility index (Phi) is 10.2. The number of rotatable bonds is 13. The molecule has 0 heterocycles. The van der Waals surface area contributed by atoms with Crippen molar-refractivity contribution in [3.63, 3.8) is 0 Å². The quantitative estimate of drug-likeness (QED) is 0.251. The van der Waals surface area contributed by atoms with E-state index in [1.165, 1.54) is 95.5 Å². The van der Waals surface area contributed by atoms with Crippen LogP contribution in [0.1, 0.15) is 133 Å². The van der Waals surface area contributed by atoms with Gasteiger partial charge in [0.2, 0.25) is 0 Å². The molecule has 1 saturated carbocycles. The molecule has 0 amide bonds. The van der Waals surface area contributed by atoms with Gasteiger partial charge in [0.15, 0.2) is 5.78 Å². The zero-order chi connectivity index (χ0) is 19.4. The molecule has 0 bridgehead atoms. The molecule has 1 fully saturated rings. The molecule has 27 heavy (non-hydrogen) atoms. The van der Waals surface area contributed by atoms with Crippen LogP contribution in [0.25, 0.3) is 0 Å². The molecule has 1 aliphatic carbocycles. The SMILES string of the molecule is CCCCCCCC1(c2ccc(C(=O)CCCCCC)cc2)CCCCC1. The first-order chi connectivity index (χ1) is 13.2. The van der Waals surface area contributed by atoms with E-state index in [0.717, 1.165) is 12.0 Å². The lowest BCUT2D eigenvalue weighted by Gasteiger charge is -2.38. The topological polar surface area (TPSA) is 17.1 Å². The van der Waals surface area contributed by atoms with Crippen molar-refractivity contribution in [2.75, 3.05) is 0 Å². The van der Waals surface area contributed by atoms with E-state index in [0.29, 0.717) is 17.6 Å². The molecule has 0 aliphatic heterocycles. The van der Waals surface area contributed by atoms with Crippen LogP contribution in [0, 0.1) is 0 Å². The molecule has 1 nitrogen and oxygen atoms in total. The summed E-state index contributed by atoms with van der Waals surface area (Å²) < 4.78 is 0. The van der Waals surface area contributed by atoms with Crippen LogP contribution in [0.3, 0.4) is 0 Å². The molecular weight excluding hydrogens is 328 g/mol. The third kappa shape index (κ3) is 7.09. The van der Waals surface area contributed by atoms with Gasteiger partial charge in [-0.15, -0.1) is 0 Å². The standard InChI is InChI=1S/C26H42O/c1-3-5-7-9-12-20-26(21-13-10-14-22-26)24-18-16-23(17-19-24)25(27)15-11-8-6-4-2/h16-19H,3-15,20-22H2,1-2H3. The van der Waals surface area contributed by atoms with Gasteiger partial charge in [-0.05, 0) is 36.7 Å². The van der Waals surface area contributed by atoms with Crippen molar-refractivity contribution >= 4 is 5.78 Å². The van der Waals surface area contributed by atoms with Crippen LogP contribution in [-0.4, -0.2) is 5.78 Å². The summed E-state index contributed by atoms with van der Waals surface area (Å²) in [5, 5.41) is 0. The van der Waals surface area contributed by atoms with Gasteiger partial charge in [-0.2, -0.15) is 0 Å². The van der Waals surface area contributed by atoms with Gasteiger partial charge in [0.25, 0.3) is 0 Å². The van der Waals surface area contributed by atoms with Crippen molar-refractivity contribution in [1.29, 1.82) is 0 Å². The van der Waals surface area contributed by atoms with Gasteiger partial charge < -0.3 is 0 Å². The summed E-state index contributed by atoms with van der Waals surface area (Å²) in [5.74, 6) is 0.329. The summed E-state index contributed by atoms with van der Waals surface area (Å²) in [4.78, 5) is 12.4. The van der Waals surface area contributed by atoms with E-state index >= 15 is 0 Å². The molecule has 0 radical (unpaired) electrons. The molecule has 0 saturated heterocycles. The zero-order valence-electron chi connectivity index (χ0n) is 18.0. The molecule has 1 heteroatoms. The van der Waals surface area contributed by atoms with Crippen LogP contribution >= 0.6 is 0 Å². The predicted molar refractivity (Wildman–Crippen MR) is 118 cm³/mol. The lowest BCUT2D eigenvalue weighted by Crippen LogP contribution is -2.29. The number of unbranched alkanes of at least 4 members (excludes halogenated alkanes) is 7. The highest BCUT2D eigenvalue weighted by molar-refractivity contribution is 5.96. The molecule has 1 aromatic carbocycles. The number of hydrogen-bond acceptors (Lipinski definition) is 1. The van der Waals surface area contributed by atoms with Gasteiger partial charge in [0.1, 0.15) is 0 Å². The lowest BCUT2D eigenvalue weighted by molar-refractivity contribution is 0.0979. The van der Waals surface area contributed by atoms with Gasteiger partial charge in [0, 0.05) is 12.0 Å². The normalized spacial score (nSPS) is 16.4. The second-order valence-corrected chi connectivity index (χ2v) is 8.82. The highest BCUT2D eigenvalue weighted by atomic mass is 16.1. The fraction of sp³-hybridized carbons (Fsp3) is 0.731. The van der Waals surface area contributed by atoms with Crippen LogP contribution in [0.4, 0.5) is 0 Å². The summed E-state index contributed by atoms with van der Waals surface area (Å²) >= 11 is 0. The molecule has 2 rings (SSSR count). The number of hydrogen-bond donors (Lipinski definition) is 0. The molecule has 0 spiro atoms. The van der Waals surface area contributed by atoms with Crippen molar-refractivity contribution in [1.82, 2.24) is 0 Å². The van der Waals surface area contributed by atoms with Crippen LogP contribution < -0.4 is 0 Å². The molecular formula is C26H42O. The fourth-order valence-corrected chi connectivity index (χ4v) is 4.84. The monoisotopic (exact) mass is 370 g/mol. The third-order valence-corrected chi connectivity index (χ3v) is 6.65. The Labute approximate surface area is 168 Å². The Bertz CT molecular complexity index is 522. The van der Waals surface area contributed by atoms with Crippen LogP contribution in [0.5, 0.6) is 0 Å². The van der Waals surface area contributed by atoms with Gasteiger partial charge in [0.05, 0.1) is 0 Å². The van der Waals surface area contributed by atoms with Crippen LogP contribution in [-0.2, 0) is 5.41 Å². The maximum Gasteiger partial charge on any atom is 0.162 e. The minimum Gasteiger partial charge on any atom is -0.294 e. The van der Waals surface area contributed by atoms with Gasteiger partial charge >= 0.3 is 0 Å². The number of carbonyl (C=O) groups is 1. The number of carbonyl (C=O) groups excluding carboxylic acids is 1. The predicted octanol–water partition coefficient (Wildman–Crippen LogP) is 8.40. The molecule has 0 unspecified atom stereocenters. The maximum absolute atomic E-state index is 12.4. The summed E-state index contributed by atoms with van der Waals surface area (Å²) in [6, 6.07) is 8.81. The summed E-state index contributed by atoms with van der Waals surface area (Å²) in [5.41, 5.74) is 2.80. The highest BCUT2D eigenvalue weighted by Crippen LogP contribution is 2.43. The molecule has 0 N–H and O–H groups in total. The minimum absolute atomic E-state index is 0.329. The Morgan fingerprint density at radius 1 is 0.778 bits per heavy atom. The van der Waals surface area contributed by atoms with Crippen LogP contribution in [0.2, 0.25) is 0 Å². The molecule has 1 aromatic rings. The average Bonchev–Trinajstić information content (AvgIpc) is 2.72. The summed E-state index contributed by atoms with van der Waals surface area (Å²) in [6.45, 7) is 4.50. The van der Waals surface area contributed by atoms with Crippen molar-refractivity contribution in [2.45, 2.75) is 122 Å². The fourth-order valence-electron chi connectivity index (χ4n) is 4.84. The Hall–Kier alpha value is -1.11. The van der Waals surface area contributed by atoms with E-state index < -0.39 is 0 Å². The lowest BCUT2D eigenvalue weighted by atomic mass is 9.66. The first kappa shape index (κ1) is 22.2. The first-order valence-electron chi connectivity index (χ1n) is 11.9. The number of benzene rings is 1. The van der Waals surface area contributed by atoms with E-state index in [-0.39, 0.29) is 0 Å². The Balaban J connectivity index is 1.96. The Morgan fingerprint density at radius 3 is 2.00 bits per heavy atom. The summed E-state index contributed by atoms with van der Waals surface area (Å²) in [6.07, 6.45) is 20.4. The molecule has 0 atom stereocenters. The van der Waals surface area contributed by atoms with Crippen molar-refractivity contribution in [3.8, 4) is 0 Å². The van der Waals surface area contributed by atoms with E-state index in [1.807, 2.05) is 0 Å². The van der Waals surface area contributed by atoms with Gasteiger partial charge in [-0.25, -0.2) is 0 Å². The zero-order valence-corrected chi connectivity index (χ0v) is 18.0. The molecule has 0 aromatic heterocycles. The number of ketones is 1. The van der Waals surface area contributed by atoms with E-state index in [4.69, 9.17) is 0 Å². The minimum atomic E-state index is 0.329. The van der Waals surface area contributed by atoms with Crippen molar-refractivity contribution < 1.29 is 4.79 Å². The van der Waals surface area contributed by atoms with Crippen molar-refractivity contribution in [2.24, 2.45) is 0 Å². The maximum atomic E-state index is 12.4. The number of Topliss-reactive ketones (excluding diaryl/α,β-unsaturated/α-hetero) is 1. The van der Waals surface area contributed by atoms with Gasteiger partial charge in [-0.1, -0.05) is 109 Å². The Morgan fingerprint density at radius 2 is 1.37 bits per heavy atom. The largest absolute Gasteiger partial charge is 0.294 e. The van der Waals surface area contributed by atoms with Gasteiger partial charge in [-0.3, -0.25) is 4.79 Å². The molecule has 152 valence electrons. The van der Waals surface area contributed by atoms with E-state index in [1.54, 1.807) is 0 Å².